The molecule has 0 fully saturated rings. The maximum Gasteiger partial charge on any atom is 0.276 e. The van der Waals surface area contributed by atoms with Gasteiger partial charge in [-0.05, 0) is 40.4 Å². The number of carbonyl (C=O) groups excluding carboxylic acids is 1. The number of thioether (sulfide) groups is 1. The molecule has 4 rings (SSSR count). The molecule has 0 aromatic heterocycles. The van der Waals surface area contributed by atoms with Gasteiger partial charge in [0.1, 0.15) is 5.70 Å². The van der Waals surface area contributed by atoms with E-state index in [9.17, 15) is 4.79 Å². The number of ether oxygens (including phenoxy) is 2. The maximum absolute atomic E-state index is 12.8. The molecule has 1 amide bonds. The van der Waals surface area contributed by atoms with E-state index in [0.717, 1.165) is 20.6 Å². The summed E-state index contributed by atoms with van der Waals surface area (Å²) in [6, 6.07) is 11.3. The average molecular weight is 461 g/mol. The Balaban J connectivity index is 1.97. The van der Waals surface area contributed by atoms with Crippen LogP contribution in [0.3, 0.4) is 0 Å². The van der Waals surface area contributed by atoms with E-state index >= 15 is 0 Å². The van der Waals surface area contributed by atoms with Crippen molar-refractivity contribution in [3.63, 3.8) is 0 Å². The first-order valence-corrected chi connectivity index (χ1v) is 10.4. The van der Waals surface area contributed by atoms with Crippen LogP contribution in [0.4, 0.5) is 0 Å². The molecule has 0 spiro atoms. The molecule has 1 N–H and O–H groups in total. The average Bonchev–Trinajstić information content (AvgIpc) is 2.71. The molecule has 0 saturated heterocycles. The lowest BCUT2D eigenvalue weighted by molar-refractivity contribution is -0.116. The van der Waals surface area contributed by atoms with Gasteiger partial charge in [0.15, 0.2) is 22.8 Å². The summed E-state index contributed by atoms with van der Waals surface area (Å²) < 4.78 is 11.6. The lowest BCUT2D eigenvalue weighted by Crippen LogP contribution is -2.50. The van der Waals surface area contributed by atoms with Crippen LogP contribution in [-0.2, 0) is 4.79 Å². The van der Waals surface area contributed by atoms with E-state index in [-0.39, 0.29) is 5.91 Å². The third kappa shape index (κ3) is 3.04. The standard InChI is InChI=1S/C19H17BrN4O3S/c1-26-14-9-10(8-12(20)16(14)27-2)17-21-13-7-5-4-6-11(13)15-18(25)22-19(28-3)23-24(15)17/h4-9,17H,1-3H3,(H,22,23,25). The lowest BCUT2D eigenvalue weighted by atomic mass is 10.1. The quantitative estimate of drug-likeness (QED) is 0.757. The van der Waals surface area contributed by atoms with Crippen molar-refractivity contribution < 1.29 is 14.3 Å². The fraction of sp³-hybridized carbons (Fsp3) is 0.211. The van der Waals surface area contributed by atoms with Gasteiger partial charge < -0.3 is 9.47 Å². The second-order valence-corrected chi connectivity index (χ2v) is 7.66. The van der Waals surface area contributed by atoms with E-state index in [0.29, 0.717) is 22.4 Å². The number of amides is 1. The Morgan fingerprint density at radius 1 is 1.21 bits per heavy atom. The minimum absolute atomic E-state index is 0.203. The highest BCUT2D eigenvalue weighted by atomic mass is 79.9. The van der Waals surface area contributed by atoms with Gasteiger partial charge in [0.05, 0.1) is 24.0 Å². The maximum atomic E-state index is 12.8. The molecule has 2 aromatic rings. The number of para-hydroxylation sites is 1. The number of hydrazone groups is 1. The Labute approximate surface area is 174 Å². The topological polar surface area (TPSA) is 75.5 Å². The molecule has 28 heavy (non-hydrogen) atoms. The molecule has 0 aliphatic carbocycles. The largest absolute Gasteiger partial charge is 0.493 e. The van der Waals surface area contributed by atoms with Gasteiger partial charge in [0.2, 0.25) is 0 Å². The number of amidine groups is 1. The van der Waals surface area contributed by atoms with E-state index in [2.05, 4.69) is 26.3 Å². The van der Waals surface area contributed by atoms with Crippen LogP contribution in [0.15, 0.2) is 51.0 Å². The summed E-state index contributed by atoms with van der Waals surface area (Å²) in [5, 5.41) is 11.1. The van der Waals surface area contributed by atoms with Crippen molar-refractivity contribution in [2.24, 2.45) is 10.1 Å². The number of rotatable bonds is 3. The molecule has 0 saturated carbocycles. The molecule has 144 valence electrons. The summed E-state index contributed by atoms with van der Waals surface area (Å²) in [6.07, 6.45) is 1.34. The van der Waals surface area contributed by atoms with Gasteiger partial charge in [0.25, 0.3) is 5.91 Å². The highest BCUT2D eigenvalue weighted by Crippen LogP contribution is 2.40. The molecular weight excluding hydrogens is 444 g/mol. The Bertz CT molecular complexity index is 1120. The van der Waals surface area contributed by atoms with Crippen molar-refractivity contribution in [3.05, 3.63) is 57.0 Å². The minimum atomic E-state index is -0.519. The van der Waals surface area contributed by atoms with Gasteiger partial charge in [-0.2, -0.15) is 0 Å². The normalized spacial score (nSPS) is 17.8. The molecule has 0 radical (unpaired) electrons. The Kier molecular flexibility index (Phi) is 5.03. The number of nitrogens with one attached hydrogen (secondary N) is 1. The van der Waals surface area contributed by atoms with Crippen LogP contribution in [0.1, 0.15) is 11.7 Å². The van der Waals surface area contributed by atoms with E-state index in [4.69, 9.17) is 14.5 Å². The zero-order valence-corrected chi connectivity index (χ0v) is 17.8. The van der Waals surface area contributed by atoms with Gasteiger partial charge in [0, 0.05) is 10.8 Å². The predicted octanol–water partition coefficient (Wildman–Crippen LogP) is 1.97. The first-order valence-electron chi connectivity index (χ1n) is 8.39. The van der Waals surface area contributed by atoms with Gasteiger partial charge in [-0.15, -0.1) is 5.10 Å². The predicted molar refractivity (Wildman–Crippen MR) is 112 cm³/mol. The molecule has 1 unspecified atom stereocenters. The van der Waals surface area contributed by atoms with Crippen LogP contribution in [0.5, 0.6) is 11.5 Å². The summed E-state index contributed by atoms with van der Waals surface area (Å²) in [4.78, 5) is 17.7. The van der Waals surface area contributed by atoms with Crippen molar-refractivity contribution in [3.8, 4) is 11.5 Å². The molecule has 7 nitrogen and oxygen atoms in total. The molecule has 0 bridgehead atoms. The number of hydrogen-bond donors (Lipinski definition) is 1. The molecular formula is C19H17BrN4O3S. The third-order valence-corrected chi connectivity index (χ3v) is 5.62. The molecule has 2 heterocycles. The number of halogens is 1. The van der Waals surface area contributed by atoms with Gasteiger partial charge in [-0.3, -0.25) is 15.1 Å². The van der Waals surface area contributed by atoms with Crippen molar-refractivity contribution in [2.45, 2.75) is 6.17 Å². The van der Waals surface area contributed by atoms with Crippen LogP contribution in [0.25, 0.3) is 5.70 Å². The Morgan fingerprint density at radius 2 is 2.00 bits per heavy atom. The first kappa shape index (κ1) is 18.8. The smallest absolute Gasteiger partial charge is 0.276 e. The summed E-state index contributed by atoms with van der Waals surface area (Å²) in [5.41, 5.74) is 1.29. The van der Waals surface area contributed by atoms with Crippen molar-refractivity contribution in [1.29, 1.82) is 0 Å². The van der Waals surface area contributed by atoms with E-state index in [1.807, 2.05) is 42.7 Å². The summed E-state index contributed by atoms with van der Waals surface area (Å²) >= 11 is 4.90. The second-order valence-electron chi connectivity index (χ2n) is 6.01. The van der Waals surface area contributed by atoms with E-state index in [1.54, 1.807) is 19.2 Å². The van der Waals surface area contributed by atoms with Crippen molar-refractivity contribution in [1.82, 2.24) is 10.3 Å². The third-order valence-electron chi connectivity index (χ3n) is 4.46. The Hall–Kier alpha value is -2.52. The Morgan fingerprint density at radius 3 is 2.71 bits per heavy atom. The molecule has 2 aliphatic rings. The highest BCUT2D eigenvalue weighted by molar-refractivity contribution is 9.10. The summed E-state index contributed by atoms with van der Waals surface area (Å²) in [6.45, 7) is 0. The van der Waals surface area contributed by atoms with Crippen LogP contribution >= 0.6 is 27.7 Å². The SMILES string of the molecule is COc1cc(C2N=c3ccccc3=C3C(=O)NC(SC)=NN32)cc(Br)c1OC. The van der Waals surface area contributed by atoms with Crippen LogP contribution < -0.4 is 25.4 Å². The zero-order chi connectivity index (χ0) is 19.8. The minimum Gasteiger partial charge on any atom is -0.493 e. The highest BCUT2D eigenvalue weighted by Gasteiger charge is 2.34. The zero-order valence-electron chi connectivity index (χ0n) is 15.4. The number of fused-ring (bicyclic) bond motifs is 2. The molecule has 9 heteroatoms. The fourth-order valence-corrected chi connectivity index (χ4v) is 4.21. The van der Waals surface area contributed by atoms with Gasteiger partial charge >= 0.3 is 0 Å². The van der Waals surface area contributed by atoms with Crippen LogP contribution in [0, 0.1) is 0 Å². The first-order chi connectivity index (χ1) is 13.6. The van der Waals surface area contributed by atoms with Gasteiger partial charge in [-0.25, -0.2) is 5.01 Å². The number of benzene rings is 2. The number of carbonyl (C=O) groups is 1. The summed E-state index contributed by atoms with van der Waals surface area (Å²) in [7, 11) is 3.16. The van der Waals surface area contributed by atoms with Crippen molar-refractivity contribution >= 4 is 44.5 Å². The molecule has 2 aromatic carbocycles. The number of methoxy groups -OCH3 is 2. The van der Waals surface area contributed by atoms with E-state index < -0.39 is 6.17 Å². The number of hydrogen-bond acceptors (Lipinski definition) is 7. The molecule has 2 aliphatic heterocycles. The van der Waals surface area contributed by atoms with Crippen LogP contribution in [0.2, 0.25) is 0 Å². The fourth-order valence-electron chi connectivity index (χ4n) is 3.22. The number of nitrogens with zero attached hydrogens (tertiary/aromatic N) is 3. The lowest BCUT2D eigenvalue weighted by Gasteiger charge is -2.34. The second kappa shape index (κ2) is 7.48. The van der Waals surface area contributed by atoms with E-state index in [1.165, 1.54) is 11.8 Å². The van der Waals surface area contributed by atoms with Crippen LogP contribution in [-0.4, -0.2) is 36.6 Å². The van der Waals surface area contributed by atoms with Crippen molar-refractivity contribution in [2.75, 3.05) is 20.5 Å². The monoisotopic (exact) mass is 460 g/mol. The molecule has 1 atom stereocenters. The van der Waals surface area contributed by atoms with Gasteiger partial charge in [-0.1, -0.05) is 30.0 Å². The summed E-state index contributed by atoms with van der Waals surface area (Å²) in [5.74, 6) is 0.959.